The van der Waals surface area contributed by atoms with E-state index in [1.165, 1.54) is 347 Å². The molecule has 0 aromatic carbocycles. The maximum Gasteiger partial charge on any atom is 0.220 e. The highest BCUT2D eigenvalue weighted by Crippen LogP contribution is 2.31. The van der Waals surface area contributed by atoms with Gasteiger partial charge in [0.1, 0.15) is 48.8 Å². The van der Waals surface area contributed by atoms with Crippen LogP contribution < -0.4 is 5.32 Å². The van der Waals surface area contributed by atoms with Crippen molar-refractivity contribution < 1.29 is 64.6 Å². The third-order valence-electron chi connectivity index (χ3n) is 21.3. The summed E-state index contributed by atoms with van der Waals surface area (Å²) in [6, 6.07) is -0.932. The maximum absolute atomic E-state index is 13.4. The number of carbonyl (C=O) groups excluding carboxylic acids is 1. The summed E-state index contributed by atoms with van der Waals surface area (Å²) in [6.45, 7) is 2.86. The van der Waals surface area contributed by atoms with Gasteiger partial charge in [0.05, 0.1) is 32.0 Å². The molecule has 2 aliphatic heterocycles. The van der Waals surface area contributed by atoms with Crippen LogP contribution in [-0.4, -0.2) is 140 Å². The van der Waals surface area contributed by atoms with Gasteiger partial charge in [0.2, 0.25) is 5.91 Å². The van der Waals surface area contributed by atoms with Crippen molar-refractivity contribution in [3.8, 4) is 0 Å². The van der Waals surface area contributed by atoms with Crippen LogP contribution in [0.3, 0.4) is 0 Å². The van der Waals surface area contributed by atoms with E-state index in [0.717, 1.165) is 32.1 Å². The summed E-state index contributed by atoms with van der Waals surface area (Å²) < 4.78 is 22.9. The third kappa shape index (κ3) is 52.2. The van der Waals surface area contributed by atoms with Gasteiger partial charge in [-0.15, -0.1) is 0 Å². The Balaban J connectivity index is 1.60. The zero-order valence-electron chi connectivity index (χ0n) is 65.0. The van der Waals surface area contributed by atoms with Crippen molar-refractivity contribution in [3.05, 3.63) is 36.5 Å². The van der Waals surface area contributed by atoms with Crippen LogP contribution in [0.15, 0.2) is 36.5 Å². The fraction of sp³-hybridized carbons (Fsp3) is 0.919. The van der Waals surface area contributed by atoms with Crippen LogP contribution in [0.1, 0.15) is 412 Å². The fourth-order valence-corrected chi connectivity index (χ4v) is 14.5. The van der Waals surface area contributed by atoms with Gasteiger partial charge >= 0.3 is 0 Å². The molecule has 0 aromatic heterocycles. The third-order valence-corrected chi connectivity index (χ3v) is 21.3. The van der Waals surface area contributed by atoms with Gasteiger partial charge in [-0.3, -0.25) is 4.79 Å². The van der Waals surface area contributed by atoms with Crippen molar-refractivity contribution in [2.24, 2.45) is 0 Å². The Kier molecular flexibility index (Phi) is 66.2. The zero-order chi connectivity index (χ0) is 72.2. The van der Waals surface area contributed by atoms with Gasteiger partial charge in [-0.2, -0.15) is 0 Å². The van der Waals surface area contributed by atoms with Crippen molar-refractivity contribution >= 4 is 5.91 Å². The molecule has 2 rings (SSSR count). The summed E-state index contributed by atoms with van der Waals surface area (Å²) in [5.74, 6) is -0.240. The Morgan fingerprint density at radius 1 is 0.350 bits per heavy atom. The highest BCUT2D eigenvalue weighted by Gasteiger charge is 2.51. The van der Waals surface area contributed by atoms with Crippen LogP contribution in [0, 0.1) is 0 Å². The molecule has 14 heteroatoms. The molecule has 2 heterocycles. The number of aliphatic hydroxyl groups excluding tert-OH is 8. The lowest BCUT2D eigenvalue weighted by atomic mass is 9.97. The average molecular weight is 1420 g/mol. The van der Waals surface area contributed by atoms with Crippen LogP contribution in [-0.2, 0) is 23.7 Å². The summed E-state index contributed by atoms with van der Waals surface area (Å²) in [7, 11) is 0. The largest absolute Gasteiger partial charge is 0.394 e. The molecule has 1 amide bonds. The molecule has 0 aromatic rings. The molecule has 0 radical (unpaired) electrons. The van der Waals surface area contributed by atoms with Crippen LogP contribution >= 0.6 is 0 Å². The molecule has 0 saturated carbocycles. The summed E-state index contributed by atoms with van der Waals surface area (Å²) >= 11 is 0. The number of hydrogen-bond acceptors (Lipinski definition) is 13. The Labute approximate surface area is 614 Å². The lowest BCUT2D eigenvalue weighted by molar-refractivity contribution is -0.359. The monoisotopic (exact) mass is 1420 g/mol. The van der Waals surface area contributed by atoms with E-state index in [9.17, 15) is 45.6 Å². The molecule has 0 aliphatic carbocycles. The molecule has 100 heavy (non-hydrogen) atoms. The lowest BCUT2D eigenvalue weighted by Gasteiger charge is -2.46. The smallest absolute Gasteiger partial charge is 0.220 e. The Bertz CT molecular complexity index is 1820. The first kappa shape index (κ1) is 94.3. The number of nitrogens with one attached hydrogen (secondary N) is 1. The molecule has 0 bridgehead atoms. The van der Waals surface area contributed by atoms with E-state index in [0.29, 0.717) is 12.8 Å². The number of allylic oxidation sites excluding steroid dienone is 5. The summed E-state index contributed by atoms with van der Waals surface area (Å²) in [4.78, 5) is 13.4. The number of carbonyl (C=O) groups is 1. The first-order valence-corrected chi connectivity index (χ1v) is 43.2. The van der Waals surface area contributed by atoms with E-state index in [2.05, 4.69) is 43.5 Å². The SMILES string of the molecule is CCCCCCCCCC/C=C\CCCCCCCCCCCCCCCCCCCCCCCC(=O)NC(COC1OC(CO)C(OC2OC(CO)C(O)C(O)C2O)C(O)C1O)C(O)/C=C/CC/C=C/CCCCCCCCCCCCCCCCCCCCCCCCCCCCC. The van der Waals surface area contributed by atoms with Crippen LogP contribution in [0.25, 0.3) is 0 Å². The molecule has 2 saturated heterocycles. The van der Waals surface area contributed by atoms with Crippen LogP contribution in [0.4, 0.5) is 0 Å². The molecular formula is C86H163NO13. The van der Waals surface area contributed by atoms with Crippen molar-refractivity contribution in [3.63, 3.8) is 0 Å². The normalized spacial score (nSPS) is 21.9. The predicted octanol–water partition coefficient (Wildman–Crippen LogP) is 20.4. The van der Waals surface area contributed by atoms with Gasteiger partial charge in [0, 0.05) is 6.42 Å². The minimum atomic E-state index is -1.79. The molecule has 2 fully saturated rings. The Morgan fingerprint density at radius 3 is 0.980 bits per heavy atom. The van der Waals surface area contributed by atoms with E-state index in [1.807, 2.05) is 6.08 Å². The minimum absolute atomic E-state index is 0.240. The number of ether oxygens (including phenoxy) is 4. The second-order valence-corrected chi connectivity index (χ2v) is 30.7. The second-order valence-electron chi connectivity index (χ2n) is 30.7. The predicted molar refractivity (Wildman–Crippen MR) is 415 cm³/mol. The average Bonchev–Trinajstić information content (AvgIpc) is 0.791. The standard InChI is InChI=1S/C86H163NO13/c1-3-5-7-9-11-13-15-17-19-21-23-25-27-29-31-33-35-37-39-41-43-45-47-49-51-53-55-57-59-61-63-65-67-69-75(90)74(73-97-85-83(96)81(94)84(77(72-89)99-85)100-86-82(95)80(93)79(92)76(71-88)98-86)87-78(91)70-68-66-64-62-60-58-56-54-52-50-48-46-44-42-40-38-36-34-32-30-28-26-24-22-20-18-16-14-12-10-8-6-4-2/h22,24,59,61,67,69,74-77,79-86,88-90,92-96H,3-21,23,25-58,60,62-66,68,70-73H2,1-2H3,(H,87,91)/b24-22-,61-59+,69-67+. The molecule has 0 spiro atoms. The maximum atomic E-state index is 13.4. The highest BCUT2D eigenvalue weighted by atomic mass is 16.7. The lowest BCUT2D eigenvalue weighted by Crippen LogP contribution is -2.65. The van der Waals surface area contributed by atoms with Gasteiger partial charge in [-0.05, 0) is 57.8 Å². The summed E-state index contributed by atoms with van der Waals surface area (Å²) in [5, 5.41) is 87.8. The van der Waals surface area contributed by atoms with E-state index in [4.69, 9.17) is 18.9 Å². The molecule has 14 nitrogen and oxygen atoms in total. The quantitative estimate of drug-likeness (QED) is 0.0204. The first-order chi connectivity index (χ1) is 49.1. The van der Waals surface area contributed by atoms with Crippen LogP contribution in [0.2, 0.25) is 0 Å². The molecule has 12 atom stereocenters. The van der Waals surface area contributed by atoms with Crippen molar-refractivity contribution in [1.29, 1.82) is 0 Å². The molecule has 12 unspecified atom stereocenters. The van der Waals surface area contributed by atoms with E-state index < -0.39 is 86.8 Å². The number of unbranched alkanes of at least 4 members (excludes halogenated alkanes) is 57. The number of amides is 1. The summed E-state index contributed by atoms with van der Waals surface area (Å²) in [6.07, 6.45) is 76.9. The second kappa shape index (κ2) is 70.2. The van der Waals surface area contributed by atoms with Crippen LogP contribution in [0.5, 0.6) is 0 Å². The fourth-order valence-electron chi connectivity index (χ4n) is 14.5. The topological polar surface area (TPSA) is 228 Å². The van der Waals surface area contributed by atoms with E-state index >= 15 is 0 Å². The first-order valence-electron chi connectivity index (χ1n) is 43.2. The Hall–Kier alpha value is -1.79. The van der Waals surface area contributed by atoms with E-state index in [-0.39, 0.29) is 18.9 Å². The number of aliphatic hydroxyl groups is 8. The van der Waals surface area contributed by atoms with Crippen molar-refractivity contribution in [2.75, 3.05) is 19.8 Å². The molecule has 9 N–H and O–H groups in total. The summed E-state index contributed by atoms with van der Waals surface area (Å²) in [5.41, 5.74) is 0. The zero-order valence-corrected chi connectivity index (χ0v) is 65.0. The number of rotatable bonds is 74. The minimum Gasteiger partial charge on any atom is -0.394 e. The molecule has 590 valence electrons. The molecular weight excluding hydrogens is 1250 g/mol. The molecule has 2 aliphatic rings. The van der Waals surface area contributed by atoms with Gasteiger partial charge in [-0.1, -0.05) is 384 Å². The number of hydrogen-bond donors (Lipinski definition) is 9. The van der Waals surface area contributed by atoms with Gasteiger partial charge in [-0.25, -0.2) is 0 Å². The highest BCUT2D eigenvalue weighted by molar-refractivity contribution is 5.76. The van der Waals surface area contributed by atoms with Crippen molar-refractivity contribution in [2.45, 2.75) is 485 Å². The van der Waals surface area contributed by atoms with E-state index in [1.54, 1.807) is 6.08 Å². The van der Waals surface area contributed by atoms with Gasteiger partial charge < -0.3 is 65.1 Å². The van der Waals surface area contributed by atoms with Gasteiger partial charge in [0.25, 0.3) is 0 Å². The Morgan fingerprint density at radius 2 is 0.640 bits per heavy atom. The van der Waals surface area contributed by atoms with Crippen molar-refractivity contribution in [1.82, 2.24) is 5.32 Å². The van der Waals surface area contributed by atoms with Gasteiger partial charge in [0.15, 0.2) is 12.6 Å².